The molecule has 1 rings (SSSR count). The zero-order chi connectivity index (χ0) is 12.8. The van der Waals surface area contributed by atoms with E-state index in [9.17, 15) is 4.79 Å². The summed E-state index contributed by atoms with van der Waals surface area (Å²) in [5.41, 5.74) is 1.78. The summed E-state index contributed by atoms with van der Waals surface area (Å²) in [7, 11) is 0. The third-order valence-corrected chi connectivity index (χ3v) is 3.44. The van der Waals surface area contributed by atoms with Crippen molar-refractivity contribution in [3.63, 3.8) is 0 Å². The number of esters is 1. The minimum Gasteiger partial charge on any atom is -0.459 e. The Balaban J connectivity index is 2.93. The Morgan fingerprint density at radius 2 is 2.12 bits per heavy atom. The number of benzene rings is 1. The Bertz CT molecular complexity index is 386. The van der Waals surface area contributed by atoms with Gasteiger partial charge in [0, 0.05) is 4.90 Å². The van der Waals surface area contributed by atoms with E-state index in [1.165, 1.54) is 0 Å². The molecule has 0 spiro atoms. The van der Waals surface area contributed by atoms with Crippen LogP contribution < -0.4 is 0 Å². The number of rotatable bonds is 5. The second kappa shape index (κ2) is 6.70. The SMILES string of the molecule is CCCSc1ccc(C)cc1C(=O)OC(C)C. The number of hydrogen-bond acceptors (Lipinski definition) is 3. The summed E-state index contributed by atoms with van der Waals surface area (Å²) in [4.78, 5) is 13.0. The summed E-state index contributed by atoms with van der Waals surface area (Å²) in [6.07, 6.45) is 1.02. The molecule has 0 fully saturated rings. The molecule has 0 atom stereocenters. The van der Waals surface area contributed by atoms with Gasteiger partial charge in [0.2, 0.25) is 0 Å². The fraction of sp³-hybridized carbons (Fsp3) is 0.500. The molecule has 0 aromatic heterocycles. The van der Waals surface area contributed by atoms with E-state index >= 15 is 0 Å². The van der Waals surface area contributed by atoms with Gasteiger partial charge >= 0.3 is 5.97 Å². The van der Waals surface area contributed by atoms with E-state index in [1.54, 1.807) is 11.8 Å². The highest BCUT2D eigenvalue weighted by Crippen LogP contribution is 2.25. The van der Waals surface area contributed by atoms with Crippen molar-refractivity contribution in [3.05, 3.63) is 29.3 Å². The Hall–Kier alpha value is -0.960. The molecule has 1 aromatic carbocycles. The molecule has 1 aromatic rings. The molecular weight excluding hydrogens is 232 g/mol. The van der Waals surface area contributed by atoms with Gasteiger partial charge in [0.25, 0.3) is 0 Å². The first-order valence-electron chi connectivity index (χ1n) is 5.99. The van der Waals surface area contributed by atoms with Gasteiger partial charge in [-0.3, -0.25) is 0 Å². The zero-order valence-corrected chi connectivity index (χ0v) is 11.8. The van der Waals surface area contributed by atoms with E-state index in [0.717, 1.165) is 22.6 Å². The van der Waals surface area contributed by atoms with Gasteiger partial charge in [-0.2, -0.15) is 0 Å². The summed E-state index contributed by atoms with van der Waals surface area (Å²) in [6, 6.07) is 5.94. The summed E-state index contributed by atoms with van der Waals surface area (Å²) in [6.45, 7) is 7.85. The van der Waals surface area contributed by atoms with Gasteiger partial charge in [0.15, 0.2) is 0 Å². The fourth-order valence-electron chi connectivity index (χ4n) is 1.42. The lowest BCUT2D eigenvalue weighted by atomic mass is 10.1. The van der Waals surface area contributed by atoms with Crippen molar-refractivity contribution >= 4 is 17.7 Å². The molecule has 0 heterocycles. The second-order valence-electron chi connectivity index (χ2n) is 4.30. The maximum absolute atomic E-state index is 12.0. The predicted octanol–water partition coefficient (Wildman–Crippen LogP) is 4.06. The van der Waals surface area contributed by atoms with Crippen LogP contribution >= 0.6 is 11.8 Å². The van der Waals surface area contributed by atoms with Crippen LogP contribution in [-0.4, -0.2) is 17.8 Å². The Morgan fingerprint density at radius 1 is 1.41 bits per heavy atom. The van der Waals surface area contributed by atoms with Gasteiger partial charge in [-0.25, -0.2) is 4.79 Å². The summed E-state index contributed by atoms with van der Waals surface area (Å²) in [5.74, 6) is 0.799. The van der Waals surface area contributed by atoms with Gasteiger partial charge in [0.1, 0.15) is 0 Å². The molecule has 3 heteroatoms. The van der Waals surface area contributed by atoms with Crippen molar-refractivity contribution in [1.29, 1.82) is 0 Å². The molecular formula is C14H20O2S. The quantitative estimate of drug-likeness (QED) is 0.584. The monoisotopic (exact) mass is 252 g/mol. The first-order chi connectivity index (χ1) is 8.04. The summed E-state index contributed by atoms with van der Waals surface area (Å²) in [5, 5.41) is 0. The molecule has 0 amide bonds. The van der Waals surface area contributed by atoms with Crippen LogP contribution in [0.15, 0.2) is 23.1 Å². The van der Waals surface area contributed by atoms with Crippen molar-refractivity contribution in [3.8, 4) is 0 Å². The van der Waals surface area contributed by atoms with Gasteiger partial charge in [0.05, 0.1) is 11.7 Å². The van der Waals surface area contributed by atoms with Gasteiger partial charge in [-0.1, -0.05) is 18.6 Å². The Kier molecular flexibility index (Phi) is 5.56. The number of carbonyl (C=O) groups excluding carboxylic acids is 1. The van der Waals surface area contributed by atoms with Gasteiger partial charge in [-0.15, -0.1) is 11.8 Å². The molecule has 17 heavy (non-hydrogen) atoms. The summed E-state index contributed by atoms with van der Waals surface area (Å²) >= 11 is 1.71. The third kappa shape index (κ3) is 4.43. The lowest BCUT2D eigenvalue weighted by Crippen LogP contribution is -2.12. The lowest BCUT2D eigenvalue weighted by Gasteiger charge is -2.12. The third-order valence-electron chi connectivity index (χ3n) is 2.16. The number of aryl methyl sites for hydroxylation is 1. The van der Waals surface area contributed by atoms with Crippen LogP contribution in [0.3, 0.4) is 0 Å². The minimum atomic E-state index is -0.220. The zero-order valence-electron chi connectivity index (χ0n) is 10.9. The van der Waals surface area contributed by atoms with Crippen LogP contribution in [0.2, 0.25) is 0 Å². The standard InChI is InChI=1S/C14H20O2S/c1-5-8-17-13-7-6-11(4)9-12(13)14(15)16-10(2)3/h6-7,9-10H,5,8H2,1-4H3. The van der Waals surface area contributed by atoms with E-state index < -0.39 is 0 Å². The molecule has 0 aliphatic heterocycles. The van der Waals surface area contributed by atoms with Crippen LogP contribution in [0.25, 0.3) is 0 Å². The topological polar surface area (TPSA) is 26.3 Å². The highest BCUT2D eigenvalue weighted by molar-refractivity contribution is 7.99. The molecule has 0 bridgehead atoms. The molecule has 0 radical (unpaired) electrons. The normalized spacial score (nSPS) is 10.6. The van der Waals surface area contributed by atoms with Crippen LogP contribution in [-0.2, 0) is 4.74 Å². The van der Waals surface area contributed by atoms with Crippen molar-refractivity contribution in [1.82, 2.24) is 0 Å². The minimum absolute atomic E-state index is 0.0768. The first-order valence-corrected chi connectivity index (χ1v) is 6.97. The van der Waals surface area contributed by atoms with Crippen LogP contribution in [0.4, 0.5) is 0 Å². The Morgan fingerprint density at radius 3 is 2.71 bits per heavy atom. The molecule has 94 valence electrons. The van der Waals surface area contributed by atoms with E-state index in [2.05, 4.69) is 6.92 Å². The molecule has 0 saturated heterocycles. The van der Waals surface area contributed by atoms with E-state index in [0.29, 0.717) is 5.56 Å². The molecule has 2 nitrogen and oxygen atoms in total. The highest BCUT2D eigenvalue weighted by Gasteiger charge is 2.14. The molecule has 0 aliphatic rings. The van der Waals surface area contributed by atoms with Crippen molar-refractivity contribution in [2.75, 3.05) is 5.75 Å². The largest absolute Gasteiger partial charge is 0.459 e. The average molecular weight is 252 g/mol. The number of ether oxygens (including phenoxy) is 1. The number of thioether (sulfide) groups is 1. The number of carbonyl (C=O) groups is 1. The van der Waals surface area contributed by atoms with Crippen molar-refractivity contribution < 1.29 is 9.53 Å². The molecule has 0 unspecified atom stereocenters. The van der Waals surface area contributed by atoms with Crippen LogP contribution in [0.5, 0.6) is 0 Å². The van der Waals surface area contributed by atoms with Crippen molar-refractivity contribution in [2.24, 2.45) is 0 Å². The van der Waals surface area contributed by atoms with Gasteiger partial charge < -0.3 is 4.74 Å². The fourth-order valence-corrected chi connectivity index (χ4v) is 2.30. The maximum Gasteiger partial charge on any atom is 0.339 e. The van der Waals surface area contributed by atoms with Crippen molar-refractivity contribution in [2.45, 2.75) is 45.1 Å². The first kappa shape index (κ1) is 14.1. The highest BCUT2D eigenvalue weighted by atomic mass is 32.2. The molecule has 0 saturated carbocycles. The number of hydrogen-bond donors (Lipinski definition) is 0. The van der Waals surface area contributed by atoms with E-state index in [-0.39, 0.29) is 12.1 Å². The van der Waals surface area contributed by atoms with E-state index in [4.69, 9.17) is 4.74 Å². The Labute approximate surface area is 108 Å². The van der Waals surface area contributed by atoms with E-state index in [1.807, 2.05) is 39.0 Å². The lowest BCUT2D eigenvalue weighted by molar-refractivity contribution is 0.0373. The second-order valence-corrected chi connectivity index (χ2v) is 5.44. The van der Waals surface area contributed by atoms with Gasteiger partial charge in [-0.05, 0) is 45.1 Å². The molecule has 0 N–H and O–H groups in total. The maximum atomic E-state index is 12.0. The summed E-state index contributed by atoms with van der Waals surface area (Å²) < 4.78 is 5.26. The van der Waals surface area contributed by atoms with Crippen LogP contribution in [0.1, 0.15) is 43.1 Å². The smallest absolute Gasteiger partial charge is 0.339 e. The predicted molar refractivity (Wildman–Crippen MR) is 72.7 cm³/mol. The molecule has 0 aliphatic carbocycles. The average Bonchev–Trinajstić information content (AvgIpc) is 2.26. The van der Waals surface area contributed by atoms with Crippen LogP contribution in [0, 0.1) is 6.92 Å².